The van der Waals surface area contributed by atoms with Crippen molar-refractivity contribution >= 4 is 11.6 Å². The third-order valence-electron chi connectivity index (χ3n) is 2.90. The summed E-state index contributed by atoms with van der Waals surface area (Å²) in [5, 5.41) is 9.81. The van der Waals surface area contributed by atoms with E-state index >= 15 is 0 Å². The molecule has 0 amide bonds. The molecule has 2 unspecified atom stereocenters. The highest BCUT2D eigenvalue weighted by atomic mass is 35.5. The minimum atomic E-state index is 0.00248. The minimum absolute atomic E-state index is 0.00248. The van der Waals surface area contributed by atoms with E-state index in [0.29, 0.717) is 6.54 Å². The average Bonchev–Trinajstić information content (AvgIpc) is 2.30. The summed E-state index contributed by atoms with van der Waals surface area (Å²) in [6.45, 7) is 5.69. The molecule has 96 valence electrons. The Balaban J connectivity index is 2.95. The van der Waals surface area contributed by atoms with Gasteiger partial charge in [0.2, 0.25) is 0 Å². The lowest BCUT2D eigenvalue weighted by molar-refractivity contribution is 0.143. The molecule has 0 radical (unpaired) electrons. The largest absolute Gasteiger partial charge is 0.395 e. The van der Waals surface area contributed by atoms with Crippen molar-refractivity contribution in [3.8, 4) is 0 Å². The van der Waals surface area contributed by atoms with Crippen LogP contribution in [-0.4, -0.2) is 35.7 Å². The molecule has 0 aliphatic rings. The van der Waals surface area contributed by atoms with Gasteiger partial charge in [0.25, 0.3) is 0 Å². The zero-order valence-electron chi connectivity index (χ0n) is 10.4. The van der Waals surface area contributed by atoms with E-state index in [2.05, 4.69) is 11.8 Å². The van der Waals surface area contributed by atoms with Gasteiger partial charge in [-0.2, -0.15) is 0 Å². The maximum absolute atomic E-state index is 9.09. The summed E-state index contributed by atoms with van der Waals surface area (Å²) >= 11 is 5.89. The van der Waals surface area contributed by atoms with E-state index in [1.807, 2.05) is 31.2 Å². The normalized spacial score (nSPS) is 14.9. The van der Waals surface area contributed by atoms with E-state index in [0.717, 1.165) is 17.1 Å². The third-order valence-corrected chi connectivity index (χ3v) is 3.15. The molecule has 2 atom stereocenters. The summed E-state index contributed by atoms with van der Waals surface area (Å²) < 4.78 is 0. The Morgan fingerprint density at radius 1 is 1.35 bits per heavy atom. The van der Waals surface area contributed by atoms with E-state index in [4.69, 9.17) is 22.4 Å². The Bertz CT molecular complexity index is 327. The minimum Gasteiger partial charge on any atom is -0.395 e. The molecule has 0 saturated heterocycles. The van der Waals surface area contributed by atoms with Crippen molar-refractivity contribution in [3.05, 3.63) is 34.9 Å². The maximum atomic E-state index is 9.09. The second-order valence-electron chi connectivity index (χ2n) is 4.21. The summed E-state index contributed by atoms with van der Waals surface area (Å²) in [4.78, 5) is 2.17. The molecule has 0 fully saturated rings. The number of likely N-dealkylation sites (N-methyl/N-ethyl adjacent to an activating group) is 1. The molecule has 3 nitrogen and oxygen atoms in total. The molecule has 0 spiro atoms. The molecule has 4 heteroatoms. The molecule has 1 rings (SSSR count). The molecule has 0 aromatic heterocycles. The van der Waals surface area contributed by atoms with Gasteiger partial charge < -0.3 is 10.8 Å². The van der Waals surface area contributed by atoms with Gasteiger partial charge in [-0.1, -0.05) is 30.7 Å². The monoisotopic (exact) mass is 256 g/mol. The summed E-state index contributed by atoms with van der Waals surface area (Å²) in [6, 6.07) is 7.86. The van der Waals surface area contributed by atoms with E-state index in [9.17, 15) is 0 Å². The fraction of sp³-hybridized carbons (Fsp3) is 0.538. The van der Waals surface area contributed by atoms with Crippen LogP contribution in [0.1, 0.15) is 25.5 Å². The van der Waals surface area contributed by atoms with Crippen molar-refractivity contribution < 1.29 is 5.11 Å². The highest BCUT2D eigenvalue weighted by molar-refractivity contribution is 6.30. The number of aliphatic hydroxyl groups is 1. The first-order valence-electron chi connectivity index (χ1n) is 5.96. The van der Waals surface area contributed by atoms with Crippen LogP contribution in [0.3, 0.4) is 0 Å². The van der Waals surface area contributed by atoms with Crippen molar-refractivity contribution in [1.29, 1.82) is 0 Å². The van der Waals surface area contributed by atoms with Gasteiger partial charge in [-0.25, -0.2) is 0 Å². The van der Waals surface area contributed by atoms with Crippen molar-refractivity contribution in [1.82, 2.24) is 4.90 Å². The van der Waals surface area contributed by atoms with Gasteiger partial charge in [0.1, 0.15) is 0 Å². The molecule has 0 aliphatic carbocycles. The Morgan fingerprint density at radius 2 is 1.94 bits per heavy atom. The van der Waals surface area contributed by atoms with Crippen molar-refractivity contribution in [2.24, 2.45) is 5.73 Å². The molecule has 0 aliphatic heterocycles. The third kappa shape index (κ3) is 3.96. The quantitative estimate of drug-likeness (QED) is 0.819. The fourth-order valence-electron chi connectivity index (χ4n) is 2.13. The van der Waals surface area contributed by atoms with E-state index in [-0.39, 0.29) is 18.7 Å². The maximum Gasteiger partial charge on any atom is 0.0558 e. The second-order valence-corrected chi connectivity index (χ2v) is 4.64. The van der Waals surface area contributed by atoms with Crippen LogP contribution in [-0.2, 0) is 0 Å². The van der Waals surface area contributed by atoms with Gasteiger partial charge in [0.15, 0.2) is 0 Å². The van der Waals surface area contributed by atoms with Crippen LogP contribution in [0, 0.1) is 0 Å². The smallest absolute Gasteiger partial charge is 0.0558 e. The zero-order chi connectivity index (χ0) is 12.8. The van der Waals surface area contributed by atoms with E-state index in [1.165, 1.54) is 0 Å². The average molecular weight is 257 g/mol. The van der Waals surface area contributed by atoms with Gasteiger partial charge in [-0.15, -0.1) is 0 Å². The van der Waals surface area contributed by atoms with Gasteiger partial charge in [-0.05, 0) is 31.2 Å². The number of rotatable bonds is 6. The molecule has 17 heavy (non-hydrogen) atoms. The number of halogens is 1. The lowest BCUT2D eigenvalue weighted by Crippen LogP contribution is -2.40. The van der Waals surface area contributed by atoms with Gasteiger partial charge in [0, 0.05) is 23.7 Å². The highest BCUT2D eigenvalue weighted by Crippen LogP contribution is 2.24. The Hall–Kier alpha value is -0.610. The number of nitrogens with zero attached hydrogens (tertiary/aromatic N) is 1. The van der Waals surface area contributed by atoms with Crippen LogP contribution in [0.2, 0.25) is 5.02 Å². The summed E-state index contributed by atoms with van der Waals surface area (Å²) in [5.41, 5.74) is 7.20. The van der Waals surface area contributed by atoms with Crippen LogP contribution in [0.4, 0.5) is 0 Å². The van der Waals surface area contributed by atoms with Crippen LogP contribution >= 0.6 is 11.6 Å². The lowest BCUT2D eigenvalue weighted by Gasteiger charge is -2.33. The second kappa shape index (κ2) is 6.97. The fourth-order valence-corrected chi connectivity index (χ4v) is 2.26. The summed E-state index contributed by atoms with van der Waals surface area (Å²) in [6.07, 6.45) is 0. The van der Waals surface area contributed by atoms with Crippen LogP contribution in [0.5, 0.6) is 0 Å². The first-order chi connectivity index (χ1) is 8.10. The number of hydrogen-bond acceptors (Lipinski definition) is 3. The van der Waals surface area contributed by atoms with Gasteiger partial charge in [0.05, 0.1) is 6.61 Å². The van der Waals surface area contributed by atoms with Gasteiger partial charge >= 0.3 is 0 Å². The molecule has 3 N–H and O–H groups in total. The molecule has 0 bridgehead atoms. The first-order valence-corrected chi connectivity index (χ1v) is 6.33. The SMILES string of the molecule is CCN(CCO)C(c1ccc(Cl)cc1)C(C)N. The zero-order valence-corrected chi connectivity index (χ0v) is 11.2. The molecular formula is C13H21ClN2O. The predicted octanol–water partition coefficient (Wildman–Crippen LogP) is 2.04. The molecular weight excluding hydrogens is 236 g/mol. The topological polar surface area (TPSA) is 49.5 Å². The number of hydrogen-bond donors (Lipinski definition) is 2. The number of benzene rings is 1. The number of nitrogens with two attached hydrogens (primary N) is 1. The molecule has 1 aromatic carbocycles. The summed E-state index contributed by atoms with van der Waals surface area (Å²) in [7, 11) is 0. The standard InChI is InChI=1S/C13H21ClN2O/c1-3-16(8-9-17)13(10(2)15)11-4-6-12(14)7-5-11/h4-7,10,13,17H,3,8-9,15H2,1-2H3. The van der Waals surface area contributed by atoms with E-state index < -0.39 is 0 Å². The summed E-state index contributed by atoms with van der Waals surface area (Å²) in [5.74, 6) is 0. The Labute approximate surface area is 108 Å². The van der Waals surface area contributed by atoms with E-state index in [1.54, 1.807) is 0 Å². The van der Waals surface area contributed by atoms with Crippen LogP contribution < -0.4 is 5.73 Å². The predicted molar refractivity (Wildman–Crippen MR) is 72.2 cm³/mol. The lowest BCUT2D eigenvalue weighted by atomic mass is 9.99. The Kier molecular flexibility index (Phi) is 5.92. The highest BCUT2D eigenvalue weighted by Gasteiger charge is 2.22. The molecule has 0 heterocycles. The van der Waals surface area contributed by atoms with Crippen molar-refractivity contribution in [2.45, 2.75) is 25.9 Å². The van der Waals surface area contributed by atoms with Crippen LogP contribution in [0.15, 0.2) is 24.3 Å². The van der Waals surface area contributed by atoms with Crippen molar-refractivity contribution in [3.63, 3.8) is 0 Å². The molecule has 1 aromatic rings. The molecule has 0 saturated carbocycles. The van der Waals surface area contributed by atoms with Crippen molar-refractivity contribution in [2.75, 3.05) is 19.7 Å². The Morgan fingerprint density at radius 3 is 2.35 bits per heavy atom. The first kappa shape index (κ1) is 14.5. The van der Waals surface area contributed by atoms with Gasteiger partial charge in [-0.3, -0.25) is 4.90 Å². The number of aliphatic hydroxyl groups excluding tert-OH is 1. The van der Waals surface area contributed by atoms with Crippen LogP contribution in [0.25, 0.3) is 0 Å².